The number of ether oxygens (including phenoxy) is 1. The molecule has 0 aliphatic rings. The van der Waals surface area contributed by atoms with Crippen LogP contribution in [-0.4, -0.2) is 25.3 Å². The summed E-state index contributed by atoms with van der Waals surface area (Å²) in [6, 6.07) is 0. The van der Waals surface area contributed by atoms with E-state index in [1.807, 2.05) is 6.92 Å². The van der Waals surface area contributed by atoms with E-state index in [2.05, 4.69) is 0 Å². The van der Waals surface area contributed by atoms with Gasteiger partial charge in [-0.2, -0.15) is 0 Å². The summed E-state index contributed by atoms with van der Waals surface area (Å²) in [5.74, 6) is 0.493. The molecule has 0 saturated carbocycles. The first-order valence-corrected chi connectivity index (χ1v) is 4.52. The summed E-state index contributed by atoms with van der Waals surface area (Å²) in [5, 5.41) is 0. The molecule has 0 heterocycles. The maximum atomic E-state index is 10.6. The van der Waals surface area contributed by atoms with Crippen LogP contribution < -0.4 is 0 Å². The Morgan fingerprint density at radius 2 is 1.69 bits per heavy atom. The normalized spacial score (nSPS) is 8.62. The highest BCUT2D eigenvalue weighted by atomic mass is 16.5. The molecule has 0 amide bonds. The average Bonchev–Trinajstić information content (AvgIpc) is 2.03. The van der Waals surface area contributed by atoms with Gasteiger partial charge in [0.1, 0.15) is 11.6 Å². The molecule has 0 rings (SSSR count). The second-order valence-electron chi connectivity index (χ2n) is 2.90. The van der Waals surface area contributed by atoms with Crippen molar-refractivity contribution in [2.75, 3.05) is 13.7 Å². The smallest absolute Gasteiger partial charge is 0.132 e. The summed E-state index contributed by atoms with van der Waals surface area (Å²) >= 11 is 0. The van der Waals surface area contributed by atoms with Crippen molar-refractivity contribution < 1.29 is 14.3 Å². The van der Waals surface area contributed by atoms with Crippen LogP contribution in [0.2, 0.25) is 0 Å². The van der Waals surface area contributed by atoms with Crippen molar-refractivity contribution in [2.45, 2.75) is 40.0 Å². The number of hydrogen-bond acceptors (Lipinski definition) is 3. The van der Waals surface area contributed by atoms with Gasteiger partial charge in [0.05, 0.1) is 0 Å². The fourth-order valence-corrected chi connectivity index (χ4v) is 0.590. The largest absolute Gasteiger partial charge is 0.385 e. The van der Waals surface area contributed by atoms with Crippen LogP contribution in [0.3, 0.4) is 0 Å². The summed E-state index contributed by atoms with van der Waals surface area (Å²) in [4.78, 5) is 20.1. The Balaban J connectivity index is 0. The van der Waals surface area contributed by atoms with E-state index in [9.17, 15) is 9.59 Å². The third-order valence-corrected chi connectivity index (χ3v) is 1.20. The number of hydrogen-bond donors (Lipinski definition) is 0. The topological polar surface area (TPSA) is 43.4 Å². The molecule has 0 unspecified atom stereocenters. The maximum absolute atomic E-state index is 10.6. The molecule has 0 fully saturated rings. The standard InChI is InChI=1S/C7H14O2.C3H6O/c1-3-7(8)5-4-6-9-2;1-3(2)4/h3-6H2,1-2H3;1-2H3. The lowest BCUT2D eigenvalue weighted by molar-refractivity contribution is -0.119. The number of rotatable bonds is 5. The zero-order valence-corrected chi connectivity index (χ0v) is 9.05. The second-order valence-corrected chi connectivity index (χ2v) is 2.90. The second kappa shape index (κ2) is 11.3. The van der Waals surface area contributed by atoms with Crippen LogP contribution in [0.15, 0.2) is 0 Å². The number of carbonyl (C=O) groups is 2. The quantitative estimate of drug-likeness (QED) is 0.620. The van der Waals surface area contributed by atoms with Crippen LogP contribution in [0.4, 0.5) is 0 Å². The maximum Gasteiger partial charge on any atom is 0.132 e. The van der Waals surface area contributed by atoms with Gasteiger partial charge in [0, 0.05) is 26.6 Å². The molecule has 0 atom stereocenters. The first-order chi connectivity index (χ1) is 6.04. The lowest BCUT2D eigenvalue weighted by atomic mass is 10.2. The van der Waals surface area contributed by atoms with Crippen molar-refractivity contribution in [3.05, 3.63) is 0 Å². The van der Waals surface area contributed by atoms with Gasteiger partial charge in [-0.1, -0.05) is 6.92 Å². The Hall–Kier alpha value is -0.700. The molecule has 0 spiro atoms. The SMILES string of the molecule is CC(C)=O.CCC(=O)CCCOC. The molecule has 0 bridgehead atoms. The summed E-state index contributed by atoms with van der Waals surface area (Å²) in [7, 11) is 1.65. The zero-order valence-electron chi connectivity index (χ0n) is 9.05. The van der Waals surface area contributed by atoms with Crippen LogP contribution in [-0.2, 0) is 14.3 Å². The van der Waals surface area contributed by atoms with Crippen LogP contribution in [0.1, 0.15) is 40.0 Å². The van der Waals surface area contributed by atoms with Gasteiger partial charge in [-0.3, -0.25) is 4.79 Å². The van der Waals surface area contributed by atoms with E-state index in [-0.39, 0.29) is 5.78 Å². The zero-order chi connectivity index (χ0) is 10.7. The summed E-state index contributed by atoms with van der Waals surface area (Å²) in [6.07, 6.45) is 2.19. The molecule has 0 radical (unpaired) electrons. The fourth-order valence-electron chi connectivity index (χ4n) is 0.590. The highest BCUT2D eigenvalue weighted by molar-refractivity contribution is 5.77. The van der Waals surface area contributed by atoms with Crippen molar-refractivity contribution in [1.29, 1.82) is 0 Å². The van der Waals surface area contributed by atoms with Crippen molar-refractivity contribution in [3.63, 3.8) is 0 Å². The van der Waals surface area contributed by atoms with Crippen molar-refractivity contribution in [2.24, 2.45) is 0 Å². The van der Waals surface area contributed by atoms with Crippen LogP contribution in [0.25, 0.3) is 0 Å². The van der Waals surface area contributed by atoms with Gasteiger partial charge in [0.15, 0.2) is 0 Å². The third-order valence-electron chi connectivity index (χ3n) is 1.20. The van der Waals surface area contributed by atoms with Gasteiger partial charge >= 0.3 is 0 Å². The number of ketones is 2. The van der Waals surface area contributed by atoms with Crippen LogP contribution in [0, 0.1) is 0 Å². The molecule has 0 saturated heterocycles. The van der Waals surface area contributed by atoms with Gasteiger partial charge in [0.2, 0.25) is 0 Å². The van der Waals surface area contributed by atoms with Gasteiger partial charge in [-0.25, -0.2) is 0 Å². The van der Waals surface area contributed by atoms with E-state index in [0.29, 0.717) is 25.2 Å². The highest BCUT2D eigenvalue weighted by Gasteiger charge is 1.95. The predicted molar refractivity (Wildman–Crippen MR) is 52.8 cm³/mol. The summed E-state index contributed by atoms with van der Waals surface area (Å²) in [5.41, 5.74) is 0. The monoisotopic (exact) mass is 188 g/mol. The molecule has 0 aliphatic carbocycles. The number of methoxy groups -OCH3 is 1. The molecule has 0 aromatic heterocycles. The Morgan fingerprint density at radius 1 is 1.23 bits per heavy atom. The number of carbonyl (C=O) groups excluding carboxylic acids is 2. The third kappa shape index (κ3) is 24.6. The minimum atomic E-state index is 0.167. The first-order valence-electron chi connectivity index (χ1n) is 4.52. The number of Topliss-reactive ketones (excluding diaryl/α,β-unsaturated/α-hetero) is 2. The van der Waals surface area contributed by atoms with Crippen molar-refractivity contribution in [1.82, 2.24) is 0 Å². The highest BCUT2D eigenvalue weighted by Crippen LogP contribution is 1.93. The van der Waals surface area contributed by atoms with Gasteiger partial charge in [-0.05, 0) is 20.3 Å². The molecule has 3 heteroatoms. The van der Waals surface area contributed by atoms with Crippen LogP contribution in [0.5, 0.6) is 0 Å². The van der Waals surface area contributed by atoms with Crippen molar-refractivity contribution in [3.8, 4) is 0 Å². The summed E-state index contributed by atoms with van der Waals surface area (Å²) in [6.45, 7) is 5.64. The van der Waals surface area contributed by atoms with Crippen molar-refractivity contribution >= 4 is 11.6 Å². The van der Waals surface area contributed by atoms with Gasteiger partial charge < -0.3 is 9.53 Å². The van der Waals surface area contributed by atoms with Gasteiger partial charge in [-0.15, -0.1) is 0 Å². The minimum Gasteiger partial charge on any atom is -0.385 e. The fraction of sp³-hybridized carbons (Fsp3) is 0.800. The Morgan fingerprint density at radius 3 is 2.00 bits per heavy atom. The van der Waals surface area contributed by atoms with E-state index < -0.39 is 0 Å². The Labute approximate surface area is 80.5 Å². The van der Waals surface area contributed by atoms with E-state index in [1.165, 1.54) is 13.8 Å². The average molecular weight is 188 g/mol. The van der Waals surface area contributed by atoms with E-state index in [4.69, 9.17) is 4.74 Å². The first kappa shape index (κ1) is 14.8. The molecule has 3 nitrogen and oxygen atoms in total. The van der Waals surface area contributed by atoms with E-state index in [1.54, 1.807) is 7.11 Å². The molecule has 0 aliphatic heterocycles. The lowest BCUT2D eigenvalue weighted by Crippen LogP contribution is -1.97. The Bertz CT molecular complexity index is 137. The van der Waals surface area contributed by atoms with Gasteiger partial charge in [0.25, 0.3) is 0 Å². The van der Waals surface area contributed by atoms with E-state index in [0.717, 1.165) is 6.42 Å². The molecule has 78 valence electrons. The molecule has 0 N–H and O–H groups in total. The molecule has 0 aromatic carbocycles. The van der Waals surface area contributed by atoms with Crippen LogP contribution >= 0.6 is 0 Å². The summed E-state index contributed by atoms with van der Waals surface area (Å²) < 4.78 is 4.78. The molecule has 13 heavy (non-hydrogen) atoms. The minimum absolute atomic E-state index is 0.167. The lowest BCUT2D eigenvalue weighted by Gasteiger charge is -1.95. The van der Waals surface area contributed by atoms with E-state index >= 15 is 0 Å². The molecule has 0 aromatic rings. The Kier molecular flexibility index (Phi) is 12.9. The molecular formula is C10H20O3. The molecular weight excluding hydrogens is 168 g/mol. The predicted octanol–water partition coefficient (Wildman–Crippen LogP) is 1.99.